The van der Waals surface area contributed by atoms with Gasteiger partial charge in [-0.3, -0.25) is 4.79 Å². The lowest BCUT2D eigenvalue weighted by Crippen LogP contribution is -2.38. The molecule has 2 rings (SSSR count). The molecule has 98 valence electrons. The maximum Gasteiger partial charge on any atom is 0.170 e. The zero-order chi connectivity index (χ0) is 13.3. The lowest BCUT2D eigenvalue weighted by molar-refractivity contribution is 0.0496. The number of benzene rings is 1. The summed E-state index contributed by atoms with van der Waals surface area (Å²) in [5.41, 5.74) is 0.141. The number of rotatable bonds is 3. The zero-order valence-corrected chi connectivity index (χ0v) is 11.2. The van der Waals surface area contributed by atoms with Crippen molar-refractivity contribution in [1.29, 1.82) is 0 Å². The Bertz CT molecular complexity index is 481. The molecule has 0 bridgehead atoms. The standard InChI is InChI=1S/C14H18O4/c1-5-14(2)8-10(15)9-6-12(16-3)13(17-4)7-11(9)18-14/h6-7H,5,8H2,1-4H3. The van der Waals surface area contributed by atoms with Crippen LogP contribution in [-0.4, -0.2) is 25.6 Å². The highest BCUT2D eigenvalue weighted by molar-refractivity contribution is 6.01. The van der Waals surface area contributed by atoms with Gasteiger partial charge in [-0.1, -0.05) is 6.92 Å². The van der Waals surface area contributed by atoms with E-state index in [1.807, 2.05) is 13.8 Å². The number of hydrogen-bond donors (Lipinski definition) is 0. The van der Waals surface area contributed by atoms with Crippen molar-refractivity contribution in [3.63, 3.8) is 0 Å². The smallest absolute Gasteiger partial charge is 0.170 e. The third kappa shape index (κ3) is 2.03. The highest BCUT2D eigenvalue weighted by Crippen LogP contribution is 2.41. The van der Waals surface area contributed by atoms with Gasteiger partial charge < -0.3 is 14.2 Å². The first-order chi connectivity index (χ1) is 8.53. The Labute approximate surface area is 107 Å². The van der Waals surface area contributed by atoms with Crippen molar-refractivity contribution in [3.8, 4) is 17.2 Å². The minimum absolute atomic E-state index is 0.0848. The van der Waals surface area contributed by atoms with Crippen LogP contribution >= 0.6 is 0 Å². The summed E-state index contributed by atoms with van der Waals surface area (Å²) in [6.07, 6.45) is 1.18. The van der Waals surface area contributed by atoms with Gasteiger partial charge in [-0.25, -0.2) is 0 Å². The molecule has 1 atom stereocenters. The topological polar surface area (TPSA) is 44.8 Å². The molecular formula is C14H18O4. The van der Waals surface area contributed by atoms with Gasteiger partial charge in [-0.2, -0.15) is 0 Å². The van der Waals surface area contributed by atoms with Crippen molar-refractivity contribution in [2.75, 3.05) is 14.2 Å². The van der Waals surface area contributed by atoms with E-state index in [0.29, 0.717) is 29.2 Å². The molecule has 0 spiro atoms. The van der Waals surface area contributed by atoms with Crippen LogP contribution in [0.4, 0.5) is 0 Å². The van der Waals surface area contributed by atoms with Crippen LogP contribution in [0.15, 0.2) is 12.1 Å². The molecule has 0 aliphatic carbocycles. The van der Waals surface area contributed by atoms with Crippen molar-refractivity contribution in [3.05, 3.63) is 17.7 Å². The highest BCUT2D eigenvalue weighted by atomic mass is 16.5. The van der Waals surface area contributed by atoms with Gasteiger partial charge in [0.1, 0.15) is 11.4 Å². The molecule has 1 unspecified atom stereocenters. The Morgan fingerprint density at radius 3 is 2.44 bits per heavy atom. The molecule has 1 aromatic rings. The molecule has 1 aromatic carbocycles. The van der Waals surface area contributed by atoms with E-state index >= 15 is 0 Å². The van der Waals surface area contributed by atoms with Crippen molar-refractivity contribution < 1.29 is 19.0 Å². The average molecular weight is 250 g/mol. The molecular weight excluding hydrogens is 232 g/mol. The van der Waals surface area contributed by atoms with E-state index in [9.17, 15) is 4.79 Å². The summed E-state index contributed by atoms with van der Waals surface area (Å²) < 4.78 is 16.3. The molecule has 1 aliphatic rings. The fraction of sp³-hybridized carbons (Fsp3) is 0.500. The Morgan fingerprint density at radius 1 is 1.28 bits per heavy atom. The van der Waals surface area contributed by atoms with Crippen LogP contribution in [0.3, 0.4) is 0 Å². The number of methoxy groups -OCH3 is 2. The van der Waals surface area contributed by atoms with Crippen molar-refractivity contribution in [1.82, 2.24) is 0 Å². The van der Waals surface area contributed by atoms with Gasteiger partial charge in [0.15, 0.2) is 17.3 Å². The normalized spacial score (nSPS) is 22.1. The van der Waals surface area contributed by atoms with Gasteiger partial charge in [0, 0.05) is 6.07 Å². The summed E-state index contributed by atoms with van der Waals surface area (Å²) in [5, 5.41) is 0. The van der Waals surface area contributed by atoms with E-state index in [4.69, 9.17) is 14.2 Å². The molecule has 0 aromatic heterocycles. The predicted molar refractivity (Wildman–Crippen MR) is 67.8 cm³/mol. The van der Waals surface area contributed by atoms with Crippen LogP contribution in [-0.2, 0) is 0 Å². The van der Waals surface area contributed by atoms with E-state index in [-0.39, 0.29) is 5.78 Å². The van der Waals surface area contributed by atoms with E-state index in [2.05, 4.69) is 0 Å². The van der Waals surface area contributed by atoms with Crippen LogP contribution in [0.1, 0.15) is 37.0 Å². The second-order valence-electron chi connectivity index (χ2n) is 4.71. The molecule has 0 radical (unpaired) electrons. The van der Waals surface area contributed by atoms with E-state index in [0.717, 1.165) is 6.42 Å². The Kier molecular flexibility index (Phi) is 3.20. The molecule has 1 heterocycles. The number of carbonyl (C=O) groups is 1. The summed E-state index contributed by atoms with van der Waals surface area (Å²) in [5.74, 6) is 1.78. The van der Waals surface area contributed by atoms with Crippen molar-refractivity contribution in [2.45, 2.75) is 32.3 Å². The Hall–Kier alpha value is -1.71. The first-order valence-corrected chi connectivity index (χ1v) is 6.01. The summed E-state index contributed by atoms with van der Waals surface area (Å²) in [6.45, 7) is 3.96. The van der Waals surface area contributed by atoms with Gasteiger partial charge in [-0.15, -0.1) is 0 Å². The first kappa shape index (κ1) is 12.7. The number of ketones is 1. The third-order valence-electron chi connectivity index (χ3n) is 3.42. The molecule has 0 saturated heterocycles. The minimum Gasteiger partial charge on any atom is -0.493 e. The molecule has 18 heavy (non-hydrogen) atoms. The monoisotopic (exact) mass is 250 g/mol. The first-order valence-electron chi connectivity index (χ1n) is 6.01. The molecule has 0 fully saturated rings. The van der Waals surface area contributed by atoms with Crippen LogP contribution in [0, 0.1) is 0 Å². The second-order valence-corrected chi connectivity index (χ2v) is 4.71. The molecule has 4 nitrogen and oxygen atoms in total. The zero-order valence-electron chi connectivity index (χ0n) is 11.2. The van der Waals surface area contributed by atoms with Gasteiger partial charge in [0.2, 0.25) is 0 Å². The molecule has 1 aliphatic heterocycles. The van der Waals surface area contributed by atoms with E-state index < -0.39 is 5.60 Å². The molecule has 0 amide bonds. The number of carbonyl (C=O) groups excluding carboxylic acids is 1. The molecule has 0 N–H and O–H groups in total. The second kappa shape index (κ2) is 4.52. The number of hydrogen-bond acceptors (Lipinski definition) is 4. The molecule has 4 heteroatoms. The van der Waals surface area contributed by atoms with Gasteiger partial charge >= 0.3 is 0 Å². The van der Waals surface area contributed by atoms with Crippen molar-refractivity contribution >= 4 is 5.78 Å². The Morgan fingerprint density at radius 2 is 1.89 bits per heavy atom. The fourth-order valence-electron chi connectivity index (χ4n) is 2.10. The van der Waals surface area contributed by atoms with Gasteiger partial charge in [0.05, 0.1) is 26.2 Å². The number of fused-ring (bicyclic) bond motifs is 1. The summed E-state index contributed by atoms with van der Waals surface area (Å²) >= 11 is 0. The van der Waals surface area contributed by atoms with Gasteiger partial charge in [-0.05, 0) is 19.4 Å². The van der Waals surface area contributed by atoms with Crippen LogP contribution < -0.4 is 14.2 Å². The van der Waals surface area contributed by atoms with Crippen LogP contribution in [0.25, 0.3) is 0 Å². The largest absolute Gasteiger partial charge is 0.493 e. The Balaban J connectivity index is 2.50. The number of ether oxygens (including phenoxy) is 3. The summed E-state index contributed by atoms with van der Waals surface area (Å²) in [6, 6.07) is 3.41. The average Bonchev–Trinajstić information content (AvgIpc) is 2.37. The van der Waals surface area contributed by atoms with Gasteiger partial charge in [0.25, 0.3) is 0 Å². The number of Topliss-reactive ketones (excluding diaryl/α,β-unsaturated/α-hetero) is 1. The fourth-order valence-corrected chi connectivity index (χ4v) is 2.10. The van der Waals surface area contributed by atoms with E-state index in [1.165, 1.54) is 0 Å². The summed E-state index contributed by atoms with van der Waals surface area (Å²) in [4.78, 5) is 12.2. The highest BCUT2D eigenvalue weighted by Gasteiger charge is 2.35. The molecule has 0 saturated carbocycles. The third-order valence-corrected chi connectivity index (χ3v) is 3.42. The lowest BCUT2D eigenvalue weighted by atomic mass is 9.89. The van der Waals surface area contributed by atoms with E-state index in [1.54, 1.807) is 26.4 Å². The maximum absolute atomic E-state index is 12.2. The van der Waals surface area contributed by atoms with Crippen LogP contribution in [0.5, 0.6) is 17.2 Å². The minimum atomic E-state index is -0.427. The quantitative estimate of drug-likeness (QED) is 0.827. The predicted octanol–water partition coefficient (Wildman–Crippen LogP) is 2.84. The summed E-state index contributed by atoms with van der Waals surface area (Å²) in [7, 11) is 3.11. The van der Waals surface area contributed by atoms with Crippen LogP contribution in [0.2, 0.25) is 0 Å². The lowest BCUT2D eigenvalue weighted by Gasteiger charge is -2.34. The van der Waals surface area contributed by atoms with Crippen molar-refractivity contribution in [2.24, 2.45) is 0 Å². The maximum atomic E-state index is 12.2. The SMILES string of the molecule is CCC1(C)CC(=O)c2cc(OC)c(OC)cc2O1.